The average molecular weight is 280 g/mol. The summed E-state index contributed by atoms with van der Waals surface area (Å²) in [7, 11) is 0. The van der Waals surface area contributed by atoms with Crippen LogP contribution in [-0.4, -0.2) is 48.3 Å². The van der Waals surface area contributed by atoms with Crippen LogP contribution in [0.2, 0.25) is 0 Å². The second-order valence-electron chi connectivity index (χ2n) is 4.32. The van der Waals surface area contributed by atoms with Crippen molar-refractivity contribution in [2.45, 2.75) is 12.8 Å². The van der Waals surface area contributed by atoms with Gasteiger partial charge in [0, 0.05) is 13.1 Å². The van der Waals surface area contributed by atoms with Crippen molar-refractivity contribution in [1.29, 1.82) is 0 Å². The molecule has 0 aliphatic rings. The fourth-order valence-corrected chi connectivity index (χ4v) is 1.66. The van der Waals surface area contributed by atoms with Crippen LogP contribution in [0.25, 0.3) is 0 Å². The molecule has 0 radical (unpaired) electrons. The van der Waals surface area contributed by atoms with Crippen molar-refractivity contribution in [3.8, 4) is 0 Å². The Hall–Kier alpha value is -1.92. The van der Waals surface area contributed by atoms with Crippen LogP contribution in [-0.2, 0) is 22.4 Å². The molecule has 1 rings (SSSR count). The Morgan fingerprint density at radius 2 is 1.15 bits per heavy atom. The van der Waals surface area contributed by atoms with E-state index in [1.165, 1.54) is 0 Å². The number of carbonyl (C=O) groups excluding carboxylic acids is 2. The molecule has 0 atom stereocenters. The fourth-order valence-electron chi connectivity index (χ4n) is 1.66. The second-order valence-corrected chi connectivity index (χ2v) is 4.32. The number of rotatable bonds is 8. The molecule has 0 aliphatic carbocycles. The maximum atomic E-state index is 11.4. The van der Waals surface area contributed by atoms with Gasteiger partial charge in [-0.3, -0.25) is 9.59 Å². The summed E-state index contributed by atoms with van der Waals surface area (Å²) in [5.74, 6) is -0.292. The summed E-state index contributed by atoms with van der Waals surface area (Å²) in [6.45, 7) is 0.352. The van der Waals surface area contributed by atoms with Crippen LogP contribution in [0.4, 0.5) is 0 Å². The predicted molar refractivity (Wildman–Crippen MR) is 74.0 cm³/mol. The van der Waals surface area contributed by atoms with E-state index in [0.29, 0.717) is 0 Å². The monoisotopic (exact) mass is 280 g/mol. The predicted octanol–water partition coefficient (Wildman–Crippen LogP) is -1.01. The van der Waals surface area contributed by atoms with Crippen molar-refractivity contribution in [2.75, 3.05) is 26.3 Å². The van der Waals surface area contributed by atoms with Gasteiger partial charge in [0.05, 0.1) is 26.1 Å². The summed E-state index contributed by atoms with van der Waals surface area (Å²) in [5, 5.41) is 22.3. The second kappa shape index (κ2) is 9.06. The number of nitrogens with one attached hydrogen (secondary N) is 2. The number of carbonyl (C=O) groups is 2. The van der Waals surface area contributed by atoms with E-state index < -0.39 is 0 Å². The molecule has 0 unspecified atom stereocenters. The van der Waals surface area contributed by atoms with Crippen LogP contribution in [0.1, 0.15) is 11.1 Å². The van der Waals surface area contributed by atoms with Crippen molar-refractivity contribution in [1.82, 2.24) is 10.6 Å². The van der Waals surface area contributed by atoms with E-state index in [0.717, 1.165) is 11.1 Å². The molecule has 0 heterocycles. The molecule has 0 saturated carbocycles. The zero-order chi connectivity index (χ0) is 14.8. The number of amides is 2. The van der Waals surface area contributed by atoms with Crippen LogP contribution in [0, 0.1) is 0 Å². The molecule has 0 aromatic heterocycles. The lowest BCUT2D eigenvalue weighted by molar-refractivity contribution is -0.121. The molecule has 0 saturated heterocycles. The van der Waals surface area contributed by atoms with Gasteiger partial charge >= 0.3 is 0 Å². The zero-order valence-corrected chi connectivity index (χ0v) is 11.3. The van der Waals surface area contributed by atoms with E-state index in [9.17, 15) is 9.59 Å². The number of hydrogen-bond donors (Lipinski definition) is 4. The maximum absolute atomic E-state index is 11.4. The highest BCUT2D eigenvalue weighted by Gasteiger charge is 2.05. The Balaban J connectivity index is 2.43. The minimum atomic E-state index is -0.146. The molecule has 110 valence electrons. The summed E-state index contributed by atoms with van der Waals surface area (Å²) < 4.78 is 0. The van der Waals surface area contributed by atoms with Crippen molar-refractivity contribution < 1.29 is 19.8 Å². The third-order valence-electron chi connectivity index (χ3n) is 2.62. The van der Waals surface area contributed by atoms with Gasteiger partial charge in [-0.15, -0.1) is 0 Å². The molecule has 4 N–H and O–H groups in total. The van der Waals surface area contributed by atoms with Gasteiger partial charge in [-0.05, 0) is 11.1 Å². The number of hydrogen-bond acceptors (Lipinski definition) is 4. The van der Waals surface area contributed by atoms with E-state index >= 15 is 0 Å². The van der Waals surface area contributed by atoms with E-state index in [2.05, 4.69) is 10.6 Å². The van der Waals surface area contributed by atoms with Crippen LogP contribution in [0.3, 0.4) is 0 Å². The quantitative estimate of drug-likeness (QED) is 0.490. The molecule has 0 aliphatic heterocycles. The Bertz CT molecular complexity index is 390. The molecule has 0 fully saturated rings. The van der Waals surface area contributed by atoms with Gasteiger partial charge in [0.15, 0.2) is 0 Å². The molecule has 2 amide bonds. The lowest BCUT2D eigenvalue weighted by Gasteiger charge is -2.06. The highest BCUT2D eigenvalue weighted by molar-refractivity contribution is 5.79. The summed E-state index contributed by atoms with van der Waals surface area (Å²) in [4.78, 5) is 22.9. The standard InChI is InChI=1S/C14H20N2O4/c17-7-5-15-13(19)9-11-1-2-12(4-3-11)10-14(20)16-6-8-18/h1-4,17-18H,5-10H2,(H,15,19)(H,16,20). The Kier molecular flexibility index (Phi) is 7.31. The van der Waals surface area contributed by atoms with Crippen LogP contribution in [0.15, 0.2) is 24.3 Å². The smallest absolute Gasteiger partial charge is 0.224 e. The molecule has 6 nitrogen and oxygen atoms in total. The average Bonchev–Trinajstić information content (AvgIpc) is 2.45. The van der Waals surface area contributed by atoms with E-state index in [4.69, 9.17) is 10.2 Å². The third-order valence-corrected chi connectivity index (χ3v) is 2.62. The lowest BCUT2D eigenvalue weighted by atomic mass is 10.1. The zero-order valence-electron chi connectivity index (χ0n) is 11.3. The van der Waals surface area contributed by atoms with Gasteiger partial charge < -0.3 is 20.8 Å². The van der Waals surface area contributed by atoms with E-state index in [-0.39, 0.29) is 51.0 Å². The summed E-state index contributed by atoms with van der Waals surface area (Å²) >= 11 is 0. The van der Waals surface area contributed by atoms with Gasteiger partial charge in [-0.25, -0.2) is 0 Å². The van der Waals surface area contributed by atoms with Gasteiger partial charge in [0.1, 0.15) is 0 Å². The minimum Gasteiger partial charge on any atom is -0.395 e. The highest BCUT2D eigenvalue weighted by atomic mass is 16.3. The topological polar surface area (TPSA) is 98.7 Å². The normalized spacial score (nSPS) is 10.1. The first kappa shape index (κ1) is 16.1. The molecule has 1 aromatic rings. The molecule has 20 heavy (non-hydrogen) atoms. The highest BCUT2D eigenvalue weighted by Crippen LogP contribution is 2.06. The Morgan fingerprint density at radius 1 is 0.800 bits per heavy atom. The third kappa shape index (κ3) is 6.31. The number of aliphatic hydroxyl groups excluding tert-OH is 2. The first-order chi connectivity index (χ1) is 9.65. The summed E-state index contributed by atoms with van der Waals surface area (Å²) in [6, 6.07) is 7.20. The SMILES string of the molecule is O=C(Cc1ccc(CC(=O)NCCO)cc1)NCCO. The van der Waals surface area contributed by atoms with E-state index in [1.54, 1.807) is 24.3 Å². The minimum absolute atomic E-state index is 0.0758. The van der Waals surface area contributed by atoms with Crippen LogP contribution < -0.4 is 10.6 Å². The number of benzene rings is 1. The van der Waals surface area contributed by atoms with E-state index in [1.807, 2.05) is 0 Å². The molecule has 6 heteroatoms. The first-order valence-corrected chi connectivity index (χ1v) is 6.48. The molecular weight excluding hydrogens is 260 g/mol. The maximum Gasteiger partial charge on any atom is 0.224 e. The molecule has 0 bridgehead atoms. The Morgan fingerprint density at radius 3 is 1.45 bits per heavy atom. The van der Waals surface area contributed by atoms with Crippen LogP contribution >= 0.6 is 0 Å². The van der Waals surface area contributed by atoms with Gasteiger partial charge in [0.25, 0.3) is 0 Å². The largest absolute Gasteiger partial charge is 0.395 e. The first-order valence-electron chi connectivity index (χ1n) is 6.48. The van der Waals surface area contributed by atoms with Gasteiger partial charge in [-0.1, -0.05) is 24.3 Å². The molecular formula is C14H20N2O4. The van der Waals surface area contributed by atoms with Crippen molar-refractivity contribution in [3.05, 3.63) is 35.4 Å². The van der Waals surface area contributed by atoms with Gasteiger partial charge in [0.2, 0.25) is 11.8 Å². The van der Waals surface area contributed by atoms with Crippen molar-refractivity contribution in [2.24, 2.45) is 0 Å². The fraction of sp³-hybridized carbons (Fsp3) is 0.429. The summed E-state index contributed by atoms with van der Waals surface area (Å²) in [5.41, 5.74) is 1.69. The lowest BCUT2D eigenvalue weighted by Crippen LogP contribution is -2.28. The number of aliphatic hydroxyl groups is 2. The summed E-state index contributed by atoms with van der Waals surface area (Å²) in [6.07, 6.45) is 0.494. The van der Waals surface area contributed by atoms with Crippen LogP contribution in [0.5, 0.6) is 0 Å². The van der Waals surface area contributed by atoms with Crippen molar-refractivity contribution >= 4 is 11.8 Å². The van der Waals surface area contributed by atoms with Gasteiger partial charge in [-0.2, -0.15) is 0 Å². The van der Waals surface area contributed by atoms with Crippen molar-refractivity contribution in [3.63, 3.8) is 0 Å². The Labute approximate surface area is 117 Å². The molecule has 1 aromatic carbocycles. The molecule has 0 spiro atoms.